The van der Waals surface area contributed by atoms with Gasteiger partial charge in [0, 0.05) is 6.42 Å². The van der Waals surface area contributed by atoms with Crippen molar-refractivity contribution in [1.82, 2.24) is 0 Å². The molecule has 0 unspecified atom stereocenters. The number of rotatable bonds is 7. The van der Waals surface area contributed by atoms with Crippen molar-refractivity contribution in [3.8, 4) is 0 Å². The summed E-state index contributed by atoms with van der Waals surface area (Å²) in [5.74, 6) is 0. The van der Waals surface area contributed by atoms with E-state index < -0.39 is 20.8 Å². The molecule has 0 atom stereocenters. The summed E-state index contributed by atoms with van der Waals surface area (Å²) < 4.78 is 0. The van der Waals surface area contributed by atoms with Crippen LogP contribution in [0.1, 0.15) is 51.9 Å². The van der Waals surface area contributed by atoms with Crippen LogP contribution >= 0.6 is 17.0 Å². The molecule has 3 heteroatoms. The predicted molar refractivity (Wildman–Crippen MR) is 71.2 cm³/mol. The third-order valence-electron chi connectivity index (χ3n) is 2.55. The Hall–Kier alpha value is 0.943. The zero-order chi connectivity index (χ0) is 12.1. The summed E-state index contributed by atoms with van der Waals surface area (Å²) in [4.78, 5) is 0. The van der Waals surface area contributed by atoms with Gasteiger partial charge in [0.2, 0.25) is 0 Å². The molecule has 0 heterocycles. The van der Waals surface area contributed by atoms with E-state index >= 15 is 0 Å². The van der Waals surface area contributed by atoms with Crippen LogP contribution in [0.2, 0.25) is 0 Å². The van der Waals surface area contributed by atoms with Gasteiger partial charge in [-0.2, -0.15) is 0 Å². The first-order valence-corrected chi connectivity index (χ1v) is 12.3. The summed E-state index contributed by atoms with van der Waals surface area (Å²) in [6, 6.07) is 0. The van der Waals surface area contributed by atoms with E-state index in [9.17, 15) is 0 Å². The van der Waals surface area contributed by atoms with Gasteiger partial charge in [-0.1, -0.05) is 62.8 Å². The summed E-state index contributed by atoms with van der Waals surface area (Å²) >= 11 is -0.826. The van der Waals surface area contributed by atoms with Crippen LogP contribution in [0.15, 0.2) is 23.8 Å². The molecule has 0 aliphatic heterocycles. The Labute approximate surface area is 119 Å². The molecule has 91 valence electrons. The summed E-state index contributed by atoms with van der Waals surface area (Å²) in [7, 11) is 9.87. The molecule has 0 spiro atoms. The van der Waals surface area contributed by atoms with Crippen molar-refractivity contribution in [1.29, 1.82) is 0 Å². The van der Waals surface area contributed by atoms with Crippen LogP contribution in [-0.2, 0) is 20.8 Å². The standard InChI is InChI=1S/C13H21.2ClH.Zr/c1-2-3-4-5-6-7-10-13-11-8-9-12-13;;;/h8-9,11-12H,2-7,10H2,1H3;2*1H;/q;;;+2/p-2. The number of hydrogen-bond donors (Lipinski definition) is 0. The fourth-order valence-electron chi connectivity index (χ4n) is 1.69. The van der Waals surface area contributed by atoms with Crippen molar-refractivity contribution in [2.45, 2.75) is 51.9 Å². The second kappa shape index (κ2) is 14.0. The van der Waals surface area contributed by atoms with Gasteiger partial charge in [0.15, 0.2) is 0 Å². The van der Waals surface area contributed by atoms with Gasteiger partial charge in [-0.05, 0) is 12.8 Å². The van der Waals surface area contributed by atoms with Crippen molar-refractivity contribution in [3.05, 3.63) is 30.2 Å². The molecule has 1 aliphatic rings. The van der Waals surface area contributed by atoms with E-state index in [2.05, 4.69) is 31.6 Å². The van der Waals surface area contributed by atoms with Gasteiger partial charge in [0.1, 0.15) is 0 Å². The summed E-state index contributed by atoms with van der Waals surface area (Å²) in [5, 5.41) is 0. The monoisotopic (exact) mass is 337 g/mol. The number of allylic oxidation sites excluding steroid dienone is 4. The Morgan fingerprint density at radius 3 is 2.25 bits per heavy atom. The van der Waals surface area contributed by atoms with Gasteiger partial charge in [-0.25, -0.2) is 0 Å². The molecule has 1 rings (SSSR count). The van der Waals surface area contributed by atoms with Crippen LogP contribution in [0.4, 0.5) is 0 Å². The molecule has 0 N–H and O–H groups in total. The molecule has 16 heavy (non-hydrogen) atoms. The fraction of sp³-hybridized carbons (Fsp3) is 0.615. The van der Waals surface area contributed by atoms with E-state index in [-0.39, 0.29) is 0 Å². The van der Waals surface area contributed by atoms with Crippen LogP contribution in [0, 0.1) is 6.42 Å². The van der Waals surface area contributed by atoms with Crippen LogP contribution in [0.3, 0.4) is 0 Å². The van der Waals surface area contributed by atoms with Crippen LogP contribution in [-0.4, -0.2) is 0 Å². The third-order valence-corrected chi connectivity index (χ3v) is 2.55. The van der Waals surface area contributed by atoms with Crippen molar-refractivity contribution >= 4 is 17.0 Å². The van der Waals surface area contributed by atoms with E-state index in [0.29, 0.717) is 0 Å². The minimum absolute atomic E-state index is 0.826. The molecule has 1 aliphatic carbocycles. The van der Waals surface area contributed by atoms with E-state index in [1.54, 1.807) is 0 Å². The molecule has 1 radical (unpaired) electrons. The van der Waals surface area contributed by atoms with Crippen molar-refractivity contribution in [3.63, 3.8) is 0 Å². The third kappa shape index (κ3) is 11.4. The molecule has 0 bridgehead atoms. The number of halogens is 2. The van der Waals surface area contributed by atoms with Gasteiger partial charge >= 0.3 is 37.9 Å². The molecule has 0 fully saturated rings. The zero-order valence-corrected chi connectivity index (χ0v) is 14.0. The SMILES string of the molecule is CCCCCCCCC1=C[CH]C=C1.[Cl][Zr][Cl]. The van der Waals surface area contributed by atoms with Crippen molar-refractivity contribution in [2.24, 2.45) is 0 Å². The van der Waals surface area contributed by atoms with Gasteiger partial charge in [-0.15, -0.1) is 0 Å². The summed E-state index contributed by atoms with van der Waals surface area (Å²) in [6.45, 7) is 2.27. The van der Waals surface area contributed by atoms with Crippen LogP contribution in [0.25, 0.3) is 0 Å². The first-order chi connectivity index (χ1) is 7.85. The second-order valence-electron chi connectivity index (χ2n) is 3.88. The minimum atomic E-state index is -0.826. The Bertz CT molecular complexity index is 200. The Morgan fingerprint density at radius 1 is 1.06 bits per heavy atom. The van der Waals surface area contributed by atoms with Crippen LogP contribution < -0.4 is 0 Å². The summed E-state index contributed by atoms with van der Waals surface area (Å²) in [5.41, 5.74) is 1.51. The Morgan fingerprint density at radius 2 is 1.69 bits per heavy atom. The number of unbranched alkanes of at least 4 members (excludes halogenated alkanes) is 5. The maximum absolute atomic E-state index is 4.93. The van der Waals surface area contributed by atoms with Gasteiger partial charge in [0.05, 0.1) is 0 Å². The molecule has 0 amide bonds. The average molecular weight is 339 g/mol. The first kappa shape index (κ1) is 16.9. The average Bonchev–Trinajstić information content (AvgIpc) is 2.77. The van der Waals surface area contributed by atoms with Crippen LogP contribution in [0.5, 0.6) is 0 Å². The molecule has 0 aromatic rings. The zero-order valence-electron chi connectivity index (χ0n) is 10.0. The van der Waals surface area contributed by atoms with E-state index in [4.69, 9.17) is 17.0 Å². The van der Waals surface area contributed by atoms with Gasteiger partial charge in [0.25, 0.3) is 0 Å². The Kier molecular flexibility index (Phi) is 14.8. The Balaban J connectivity index is 0.000000673. The molecular formula is C13H21Cl2Zr. The molecule has 0 aromatic carbocycles. The van der Waals surface area contributed by atoms with E-state index in [0.717, 1.165) is 0 Å². The summed E-state index contributed by atoms with van der Waals surface area (Å²) in [6.07, 6.45) is 18.4. The molecular weight excluding hydrogens is 318 g/mol. The quantitative estimate of drug-likeness (QED) is 0.513. The molecule has 0 nitrogen and oxygen atoms in total. The topological polar surface area (TPSA) is 0 Å². The normalized spacial score (nSPS) is 13.1. The van der Waals surface area contributed by atoms with E-state index in [1.165, 1.54) is 50.5 Å². The predicted octanol–water partition coefficient (Wildman–Crippen LogP) is 5.81. The van der Waals surface area contributed by atoms with Crippen molar-refractivity contribution in [2.75, 3.05) is 0 Å². The molecule has 0 saturated carbocycles. The number of hydrogen-bond acceptors (Lipinski definition) is 0. The van der Waals surface area contributed by atoms with Gasteiger partial charge < -0.3 is 0 Å². The maximum atomic E-state index is 4.93. The fourth-order valence-corrected chi connectivity index (χ4v) is 1.69. The second-order valence-corrected chi connectivity index (χ2v) is 7.61. The first-order valence-electron chi connectivity index (χ1n) is 6.02. The molecule has 0 aromatic heterocycles. The van der Waals surface area contributed by atoms with Crippen molar-refractivity contribution < 1.29 is 20.8 Å². The van der Waals surface area contributed by atoms with Gasteiger partial charge in [-0.3, -0.25) is 0 Å². The molecule has 0 saturated heterocycles. The van der Waals surface area contributed by atoms with E-state index in [1.807, 2.05) is 0 Å².